The van der Waals surface area contributed by atoms with E-state index in [9.17, 15) is 9.59 Å². The molecule has 0 aliphatic heterocycles. The fourth-order valence-corrected chi connectivity index (χ4v) is 3.62. The molecule has 1 aliphatic carbocycles. The Morgan fingerprint density at radius 2 is 2.12 bits per heavy atom. The van der Waals surface area contributed by atoms with Crippen molar-refractivity contribution in [3.05, 3.63) is 46.0 Å². The lowest BCUT2D eigenvalue weighted by molar-refractivity contribution is -0.145. The Morgan fingerprint density at radius 1 is 1.32 bits per heavy atom. The SMILES string of the molecule is Cc1cccn2c(=O)cc(COC(=O)CCCC3CCCCC3)nc12. The topological polar surface area (TPSA) is 60.7 Å². The molecule has 1 fully saturated rings. The molecule has 2 heterocycles. The molecule has 0 radical (unpaired) electrons. The number of carbonyl (C=O) groups is 1. The van der Waals surface area contributed by atoms with E-state index < -0.39 is 0 Å². The number of rotatable bonds is 6. The average molecular weight is 342 g/mol. The first-order valence-corrected chi connectivity index (χ1v) is 9.27. The molecule has 1 aliphatic rings. The maximum atomic E-state index is 12.1. The minimum absolute atomic E-state index is 0.0579. The largest absolute Gasteiger partial charge is 0.459 e. The number of esters is 1. The maximum absolute atomic E-state index is 12.1. The summed E-state index contributed by atoms with van der Waals surface area (Å²) >= 11 is 0. The molecular weight excluding hydrogens is 316 g/mol. The first-order chi connectivity index (χ1) is 12.1. The Kier molecular flexibility index (Phi) is 5.84. The van der Waals surface area contributed by atoms with E-state index in [2.05, 4.69) is 4.98 Å². The predicted molar refractivity (Wildman–Crippen MR) is 96.4 cm³/mol. The van der Waals surface area contributed by atoms with E-state index in [4.69, 9.17) is 4.74 Å². The van der Waals surface area contributed by atoms with E-state index in [0.29, 0.717) is 17.8 Å². The molecule has 0 saturated heterocycles. The van der Waals surface area contributed by atoms with Gasteiger partial charge in [-0.15, -0.1) is 0 Å². The van der Waals surface area contributed by atoms with Gasteiger partial charge in [0.25, 0.3) is 5.56 Å². The lowest BCUT2D eigenvalue weighted by Gasteiger charge is -2.20. The van der Waals surface area contributed by atoms with Gasteiger partial charge in [-0.25, -0.2) is 4.98 Å². The molecule has 0 unspecified atom stereocenters. The number of pyridine rings is 1. The standard InChI is InChI=1S/C20H26N2O3/c1-15-7-6-12-22-18(23)13-17(21-20(15)22)14-25-19(24)11-5-10-16-8-3-2-4-9-16/h6-7,12-13,16H,2-5,8-11,14H2,1H3. The van der Waals surface area contributed by atoms with E-state index in [-0.39, 0.29) is 18.1 Å². The van der Waals surface area contributed by atoms with Crippen molar-refractivity contribution in [3.63, 3.8) is 0 Å². The highest BCUT2D eigenvalue weighted by atomic mass is 16.5. The number of ether oxygens (including phenoxy) is 1. The average Bonchev–Trinajstić information content (AvgIpc) is 2.62. The zero-order valence-corrected chi connectivity index (χ0v) is 14.9. The molecule has 2 aromatic rings. The lowest BCUT2D eigenvalue weighted by Crippen LogP contribution is -2.17. The zero-order valence-electron chi connectivity index (χ0n) is 14.9. The monoisotopic (exact) mass is 342 g/mol. The quantitative estimate of drug-likeness (QED) is 0.749. The molecule has 2 aromatic heterocycles. The molecule has 0 atom stereocenters. The number of aryl methyl sites for hydroxylation is 1. The highest BCUT2D eigenvalue weighted by Gasteiger charge is 2.14. The number of aromatic nitrogens is 2. The second-order valence-electron chi connectivity index (χ2n) is 7.03. The van der Waals surface area contributed by atoms with Crippen LogP contribution in [0.4, 0.5) is 0 Å². The van der Waals surface area contributed by atoms with Crippen molar-refractivity contribution in [1.29, 1.82) is 0 Å². The molecular formula is C20H26N2O3. The maximum Gasteiger partial charge on any atom is 0.306 e. The summed E-state index contributed by atoms with van der Waals surface area (Å²) in [4.78, 5) is 28.5. The van der Waals surface area contributed by atoms with Gasteiger partial charge in [-0.3, -0.25) is 14.0 Å². The van der Waals surface area contributed by atoms with E-state index in [0.717, 1.165) is 24.3 Å². The zero-order chi connectivity index (χ0) is 17.6. The van der Waals surface area contributed by atoms with Gasteiger partial charge < -0.3 is 4.74 Å². The fraction of sp³-hybridized carbons (Fsp3) is 0.550. The fourth-order valence-electron chi connectivity index (χ4n) is 3.62. The Balaban J connectivity index is 1.51. The summed E-state index contributed by atoms with van der Waals surface area (Å²) in [5.74, 6) is 0.578. The number of hydrogen-bond donors (Lipinski definition) is 0. The summed E-state index contributed by atoms with van der Waals surface area (Å²) in [6.45, 7) is 1.96. The molecule has 134 valence electrons. The third-order valence-corrected chi connectivity index (χ3v) is 5.04. The smallest absolute Gasteiger partial charge is 0.306 e. The Labute approximate surface area is 148 Å². The van der Waals surface area contributed by atoms with Gasteiger partial charge in [0, 0.05) is 18.7 Å². The summed E-state index contributed by atoms with van der Waals surface area (Å²) < 4.78 is 6.82. The van der Waals surface area contributed by atoms with Gasteiger partial charge in [0.1, 0.15) is 12.3 Å². The third kappa shape index (κ3) is 4.68. The van der Waals surface area contributed by atoms with Gasteiger partial charge in [-0.05, 0) is 37.3 Å². The number of hydrogen-bond acceptors (Lipinski definition) is 4. The minimum Gasteiger partial charge on any atom is -0.459 e. The number of carbonyl (C=O) groups excluding carboxylic acids is 1. The molecule has 0 aromatic carbocycles. The van der Waals surface area contributed by atoms with Crippen molar-refractivity contribution in [3.8, 4) is 0 Å². The van der Waals surface area contributed by atoms with Crippen LogP contribution in [0.3, 0.4) is 0 Å². The predicted octanol–water partition coefficient (Wildman–Crippen LogP) is 3.80. The van der Waals surface area contributed by atoms with Crippen LogP contribution in [0.1, 0.15) is 62.6 Å². The van der Waals surface area contributed by atoms with Crippen LogP contribution in [0.25, 0.3) is 5.65 Å². The van der Waals surface area contributed by atoms with Gasteiger partial charge in [0.05, 0.1) is 5.69 Å². The lowest BCUT2D eigenvalue weighted by atomic mass is 9.86. The summed E-state index contributed by atoms with van der Waals surface area (Å²) in [6.07, 6.45) is 10.8. The third-order valence-electron chi connectivity index (χ3n) is 5.04. The summed E-state index contributed by atoms with van der Waals surface area (Å²) in [6, 6.07) is 5.15. The Bertz CT molecular complexity index is 791. The molecule has 3 rings (SSSR count). The van der Waals surface area contributed by atoms with Crippen molar-refractivity contribution < 1.29 is 9.53 Å². The van der Waals surface area contributed by atoms with E-state index in [1.165, 1.54) is 42.6 Å². The Hall–Kier alpha value is -2.17. The van der Waals surface area contributed by atoms with Gasteiger partial charge in [-0.1, -0.05) is 38.2 Å². The van der Waals surface area contributed by atoms with Crippen LogP contribution in [0, 0.1) is 12.8 Å². The van der Waals surface area contributed by atoms with Crippen LogP contribution in [0.2, 0.25) is 0 Å². The van der Waals surface area contributed by atoms with E-state index in [1.54, 1.807) is 6.20 Å². The van der Waals surface area contributed by atoms with Crippen LogP contribution in [0.15, 0.2) is 29.2 Å². The first kappa shape index (κ1) is 17.6. The highest BCUT2D eigenvalue weighted by molar-refractivity contribution is 5.69. The molecule has 25 heavy (non-hydrogen) atoms. The van der Waals surface area contributed by atoms with Crippen molar-refractivity contribution >= 4 is 11.6 Å². The van der Waals surface area contributed by atoms with Crippen LogP contribution in [-0.2, 0) is 16.1 Å². The molecule has 0 N–H and O–H groups in total. The Morgan fingerprint density at radius 3 is 2.92 bits per heavy atom. The van der Waals surface area contributed by atoms with E-state index in [1.807, 2.05) is 19.1 Å². The second kappa shape index (κ2) is 8.28. The van der Waals surface area contributed by atoms with Gasteiger partial charge in [0.2, 0.25) is 0 Å². The van der Waals surface area contributed by atoms with E-state index >= 15 is 0 Å². The minimum atomic E-state index is -0.206. The summed E-state index contributed by atoms with van der Waals surface area (Å²) in [5.41, 5.74) is 1.87. The molecule has 0 bridgehead atoms. The molecule has 0 spiro atoms. The first-order valence-electron chi connectivity index (χ1n) is 9.27. The van der Waals surface area contributed by atoms with Crippen molar-refractivity contribution in [2.75, 3.05) is 0 Å². The van der Waals surface area contributed by atoms with Crippen molar-refractivity contribution in [1.82, 2.24) is 9.38 Å². The van der Waals surface area contributed by atoms with Gasteiger partial charge in [-0.2, -0.15) is 0 Å². The summed E-state index contributed by atoms with van der Waals surface area (Å²) in [7, 11) is 0. The number of nitrogens with zero attached hydrogens (tertiary/aromatic N) is 2. The summed E-state index contributed by atoms with van der Waals surface area (Å²) in [5, 5.41) is 0. The van der Waals surface area contributed by atoms with Crippen LogP contribution in [0.5, 0.6) is 0 Å². The number of fused-ring (bicyclic) bond motifs is 1. The van der Waals surface area contributed by atoms with Crippen molar-refractivity contribution in [2.45, 2.75) is 64.9 Å². The van der Waals surface area contributed by atoms with Crippen LogP contribution < -0.4 is 5.56 Å². The second-order valence-corrected chi connectivity index (χ2v) is 7.03. The van der Waals surface area contributed by atoms with Crippen LogP contribution >= 0.6 is 0 Å². The molecule has 5 heteroatoms. The highest BCUT2D eigenvalue weighted by Crippen LogP contribution is 2.27. The van der Waals surface area contributed by atoms with Crippen molar-refractivity contribution in [2.24, 2.45) is 5.92 Å². The molecule has 1 saturated carbocycles. The normalized spacial score (nSPS) is 15.4. The van der Waals surface area contributed by atoms with Gasteiger partial charge >= 0.3 is 5.97 Å². The van der Waals surface area contributed by atoms with Crippen LogP contribution in [-0.4, -0.2) is 15.4 Å². The van der Waals surface area contributed by atoms with Gasteiger partial charge in [0.15, 0.2) is 0 Å². The molecule has 5 nitrogen and oxygen atoms in total. The molecule has 0 amide bonds.